The Morgan fingerprint density at radius 3 is 1.85 bits per heavy atom. The van der Waals surface area contributed by atoms with Crippen LogP contribution in [0.15, 0.2) is 0 Å². The Balaban J connectivity index is 5.48. The zero-order chi connectivity index (χ0) is 16.3. The highest BCUT2D eigenvalue weighted by Gasteiger charge is 2.40. The Labute approximate surface area is 119 Å². The zero-order valence-corrected chi connectivity index (χ0v) is 12.9. The average Bonchev–Trinajstić information content (AvgIpc) is 2.09. The molecule has 1 unspecified atom stereocenters. The first-order chi connectivity index (χ1) is 8.75. The molecule has 0 saturated heterocycles. The Hall–Kier alpha value is -1.79. The molecule has 20 heavy (non-hydrogen) atoms. The molecule has 1 atom stereocenters. The molecule has 0 aliphatic heterocycles. The second kappa shape index (κ2) is 6.11. The van der Waals surface area contributed by atoms with Crippen LogP contribution in [0.3, 0.4) is 0 Å². The Morgan fingerprint density at radius 1 is 1.15 bits per heavy atom. The number of hydrogen-bond acceptors (Lipinski definition) is 4. The molecular weight excluding hydrogens is 264 g/mol. The van der Waals surface area contributed by atoms with Crippen molar-refractivity contribution in [3.05, 3.63) is 0 Å². The van der Waals surface area contributed by atoms with Gasteiger partial charge in [0.1, 0.15) is 11.6 Å². The van der Waals surface area contributed by atoms with Crippen LogP contribution in [-0.4, -0.2) is 45.2 Å². The monoisotopic (exact) mass is 288 g/mol. The largest absolute Gasteiger partial charge is 0.480 e. The molecule has 116 valence electrons. The number of primary amides is 1. The van der Waals surface area contributed by atoms with Crippen LogP contribution in [0.5, 0.6) is 0 Å². The third-order valence-electron chi connectivity index (χ3n) is 2.30. The predicted octanol–water partition coefficient (Wildman–Crippen LogP) is 1.35. The fourth-order valence-electron chi connectivity index (χ4n) is 1.66. The van der Waals surface area contributed by atoms with E-state index in [1.807, 2.05) is 0 Å². The standard InChI is InChI=1S/C13H24N2O5/c1-12(2,3)15(11(19)20-13(4,5)6)8(10(17)18)7-9(14)16/h8H,7H2,1-6H3,(H2,14,16)(H,17,18). The minimum atomic E-state index is -1.36. The summed E-state index contributed by atoms with van der Waals surface area (Å²) in [6, 6.07) is -1.36. The third-order valence-corrected chi connectivity index (χ3v) is 2.30. The van der Waals surface area contributed by atoms with Crippen molar-refractivity contribution < 1.29 is 24.2 Å². The van der Waals surface area contributed by atoms with Crippen LogP contribution < -0.4 is 5.73 Å². The van der Waals surface area contributed by atoms with Crippen molar-refractivity contribution in [3.63, 3.8) is 0 Å². The summed E-state index contributed by atoms with van der Waals surface area (Å²) in [4.78, 5) is 35.6. The lowest BCUT2D eigenvalue weighted by Gasteiger charge is -2.40. The van der Waals surface area contributed by atoms with Gasteiger partial charge in [0.25, 0.3) is 0 Å². The van der Waals surface area contributed by atoms with Crippen LogP contribution >= 0.6 is 0 Å². The average molecular weight is 288 g/mol. The molecule has 7 nitrogen and oxygen atoms in total. The van der Waals surface area contributed by atoms with Crippen LogP contribution in [0, 0.1) is 0 Å². The molecule has 3 N–H and O–H groups in total. The van der Waals surface area contributed by atoms with Gasteiger partial charge in [-0.05, 0) is 41.5 Å². The number of hydrogen-bond donors (Lipinski definition) is 2. The van der Waals surface area contributed by atoms with E-state index in [1.165, 1.54) is 0 Å². The van der Waals surface area contributed by atoms with Gasteiger partial charge in [0.15, 0.2) is 0 Å². The summed E-state index contributed by atoms with van der Waals surface area (Å²) in [5, 5.41) is 9.25. The summed E-state index contributed by atoms with van der Waals surface area (Å²) in [7, 11) is 0. The van der Waals surface area contributed by atoms with Crippen molar-refractivity contribution in [3.8, 4) is 0 Å². The maximum atomic E-state index is 12.2. The van der Waals surface area contributed by atoms with Gasteiger partial charge >= 0.3 is 12.1 Å². The first-order valence-electron chi connectivity index (χ1n) is 6.29. The summed E-state index contributed by atoms with van der Waals surface area (Å²) in [5.41, 5.74) is 3.46. The summed E-state index contributed by atoms with van der Waals surface area (Å²) in [6.45, 7) is 10.0. The molecule has 0 aromatic rings. The number of aliphatic carboxylic acids is 1. The van der Waals surface area contributed by atoms with E-state index in [9.17, 15) is 19.5 Å². The maximum Gasteiger partial charge on any atom is 0.411 e. The number of carboxylic acids is 1. The van der Waals surface area contributed by atoms with Crippen molar-refractivity contribution in [2.75, 3.05) is 0 Å². The van der Waals surface area contributed by atoms with Crippen molar-refractivity contribution in [2.24, 2.45) is 5.73 Å². The molecule has 0 rings (SSSR count). The van der Waals surface area contributed by atoms with Gasteiger partial charge in [-0.1, -0.05) is 0 Å². The van der Waals surface area contributed by atoms with Gasteiger partial charge in [-0.25, -0.2) is 9.59 Å². The van der Waals surface area contributed by atoms with E-state index in [4.69, 9.17) is 10.5 Å². The smallest absolute Gasteiger partial charge is 0.411 e. The molecule has 0 radical (unpaired) electrons. The molecule has 0 fully saturated rings. The lowest BCUT2D eigenvalue weighted by molar-refractivity contribution is -0.147. The first kappa shape index (κ1) is 18.2. The van der Waals surface area contributed by atoms with Crippen LogP contribution in [0.2, 0.25) is 0 Å². The summed E-state index contributed by atoms with van der Waals surface area (Å²) in [5.74, 6) is -2.10. The molecule has 0 bridgehead atoms. The number of carbonyl (C=O) groups excluding carboxylic acids is 2. The van der Waals surface area contributed by atoms with Gasteiger partial charge in [-0.2, -0.15) is 0 Å². The van der Waals surface area contributed by atoms with Gasteiger partial charge in [0.2, 0.25) is 5.91 Å². The zero-order valence-electron chi connectivity index (χ0n) is 12.9. The van der Waals surface area contributed by atoms with Crippen LogP contribution in [0.25, 0.3) is 0 Å². The molecule has 7 heteroatoms. The fraction of sp³-hybridized carbons (Fsp3) is 0.769. The number of carbonyl (C=O) groups is 3. The van der Waals surface area contributed by atoms with E-state index in [1.54, 1.807) is 41.5 Å². The van der Waals surface area contributed by atoms with Gasteiger partial charge < -0.3 is 15.6 Å². The van der Waals surface area contributed by atoms with Gasteiger partial charge in [0.05, 0.1) is 6.42 Å². The molecule has 0 heterocycles. The van der Waals surface area contributed by atoms with Gasteiger partial charge in [-0.15, -0.1) is 0 Å². The molecule has 0 spiro atoms. The van der Waals surface area contributed by atoms with E-state index < -0.39 is 41.6 Å². The molecule has 0 aliphatic carbocycles. The lowest BCUT2D eigenvalue weighted by Crippen LogP contribution is -2.56. The number of amides is 2. The minimum Gasteiger partial charge on any atom is -0.480 e. The van der Waals surface area contributed by atoms with Crippen molar-refractivity contribution in [2.45, 2.75) is 65.1 Å². The van der Waals surface area contributed by atoms with E-state index in [0.717, 1.165) is 4.90 Å². The highest BCUT2D eigenvalue weighted by atomic mass is 16.6. The van der Waals surface area contributed by atoms with Crippen molar-refractivity contribution >= 4 is 18.0 Å². The highest BCUT2D eigenvalue weighted by Crippen LogP contribution is 2.23. The number of carboxylic acid groups (broad SMARTS) is 1. The molecule has 0 aliphatic rings. The second-order valence-corrected chi connectivity index (χ2v) is 6.55. The number of rotatable bonds is 4. The highest BCUT2D eigenvalue weighted by molar-refractivity contribution is 5.86. The van der Waals surface area contributed by atoms with Crippen LogP contribution in [-0.2, 0) is 14.3 Å². The lowest BCUT2D eigenvalue weighted by atomic mass is 10.0. The number of ether oxygens (including phenoxy) is 1. The van der Waals surface area contributed by atoms with Crippen LogP contribution in [0.1, 0.15) is 48.0 Å². The SMILES string of the molecule is CC(C)(C)OC(=O)N(C(CC(N)=O)C(=O)O)C(C)(C)C. The van der Waals surface area contributed by atoms with Gasteiger partial charge in [-0.3, -0.25) is 9.69 Å². The normalized spacial score (nSPS) is 13.5. The maximum absolute atomic E-state index is 12.2. The quantitative estimate of drug-likeness (QED) is 0.811. The molecule has 0 saturated carbocycles. The number of nitrogens with two attached hydrogens (primary N) is 1. The van der Waals surface area contributed by atoms with Crippen molar-refractivity contribution in [1.82, 2.24) is 4.90 Å². The van der Waals surface area contributed by atoms with E-state index >= 15 is 0 Å². The Kier molecular flexibility index (Phi) is 5.56. The van der Waals surface area contributed by atoms with Crippen LogP contribution in [0.4, 0.5) is 4.79 Å². The molecule has 0 aromatic heterocycles. The van der Waals surface area contributed by atoms with E-state index in [2.05, 4.69) is 0 Å². The minimum absolute atomic E-state index is 0.466. The fourth-order valence-corrected chi connectivity index (χ4v) is 1.66. The summed E-state index contributed by atoms with van der Waals surface area (Å²) < 4.78 is 5.21. The Bertz CT molecular complexity index is 393. The summed E-state index contributed by atoms with van der Waals surface area (Å²) in [6.07, 6.45) is -1.26. The number of nitrogens with zero attached hydrogens (tertiary/aromatic N) is 1. The van der Waals surface area contributed by atoms with E-state index in [0.29, 0.717) is 0 Å². The van der Waals surface area contributed by atoms with E-state index in [-0.39, 0.29) is 0 Å². The first-order valence-corrected chi connectivity index (χ1v) is 6.29. The molecule has 0 aromatic carbocycles. The topological polar surface area (TPSA) is 110 Å². The van der Waals surface area contributed by atoms with Crippen molar-refractivity contribution in [1.29, 1.82) is 0 Å². The molecular formula is C13H24N2O5. The molecule has 2 amide bonds. The second-order valence-electron chi connectivity index (χ2n) is 6.55. The Morgan fingerprint density at radius 2 is 1.60 bits per heavy atom. The summed E-state index contributed by atoms with van der Waals surface area (Å²) >= 11 is 0. The predicted molar refractivity (Wildman–Crippen MR) is 73.1 cm³/mol. The van der Waals surface area contributed by atoms with Gasteiger partial charge in [0, 0.05) is 5.54 Å². The third kappa shape index (κ3) is 5.90.